The lowest BCUT2D eigenvalue weighted by molar-refractivity contribution is -0.870. The fraction of sp³-hybridized carbons (Fsp3) is 1.00. The van der Waals surface area contributed by atoms with Crippen LogP contribution in [0.3, 0.4) is 0 Å². The van der Waals surface area contributed by atoms with Crippen LogP contribution >= 0.6 is 0 Å². The summed E-state index contributed by atoms with van der Waals surface area (Å²) in [4.78, 5) is 4.94. The van der Waals surface area contributed by atoms with Gasteiger partial charge < -0.3 is 4.48 Å². The van der Waals surface area contributed by atoms with E-state index in [1.54, 1.807) is 7.05 Å². The monoisotopic (exact) mass is 133 g/mol. The van der Waals surface area contributed by atoms with Crippen LogP contribution < -0.4 is 5.48 Å². The third-order valence-corrected chi connectivity index (χ3v) is 1.01. The van der Waals surface area contributed by atoms with Crippen molar-refractivity contribution >= 4 is 0 Å². The van der Waals surface area contributed by atoms with Crippen LogP contribution in [-0.4, -0.2) is 45.8 Å². The summed E-state index contributed by atoms with van der Waals surface area (Å²) >= 11 is 0. The van der Waals surface area contributed by atoms with Crippen molar-refractivity contribution < 1.29 is 9.32 Å². The zero-order chi connectivity index (χ0) is 7.33. The molecule has 0 rings (SSSR count). The Bertz CT molecular complexity index is 67.9. The van der Waals surface area contributed by atoms with Gasteiger partial charge in [0.1, 0.15) is 13.2 Å². The van der Waals surface area contributed by atoms with Crippen LogP contribution in [0.1, 0.15) is 0 Å². The fourth-order valence-corrected chi connectivity index (χ4v) is 0.422. The maximum Gasteiger partial charge on any atom is 0.117 e. The van der Waals surface area contributed by atoms with E-state index in [9.17, 15) is 0 Å². The van der Waals surface area contributed by atoms with Crippen LogP contribution in [0.25, 0.3) is 0 Å². The highest BCUT2D eigenvalue weighted by molar-refractivity contribution is 4.23. The lowest BCUT2D eigenvalue weighted by Gasteiger charge is -2.23. The van der Waals surface area contributed by atoms with Gasteiger partial charge in [-0.2, -0.15) is 0 Å². The quantitative estimate of drug-likeness (QED) is 0.327. The number of nitrogens with zero attached hydrogens (tertiary/aromatic N) is 1. The van der Waals surface area contributed by atoms with Crippen molar-refractivity contribution in [3.05, 3.63) is 0 Å². The Morgan fingerprint density at radius 3 is 2.22 bits per heavy atom. The Morgan fingerprint density at radius 2 is 1.89 bits per heavy atom. The van der Waals surface area contributed by atoms with Crippen LogP contribution in [0.2, 0.25) is 0 Å². The number of hydrogen-bond donors (Lipinski definition) is 1. The minimum absolute atomic E-state index is 0.764. The first kappa shape index (κ1) is 8.88. The van der Waals surface area contributed by atoms with Crippen molar-refractivity contribution in [2.75, 3.05) is 41.3 Å². The van der Waals surface area contributed by atoms with Crippen LogP contribution in [0.4, 0.5) is 0 Å². The molecule has 0 aliphatic carbocycles. The van der Waals surface area contributed by atoms with Crippen molar-refractivity contribution in [3.8, 4) is 0 Å². The highest BCUT2D eigenvalue weighted by Crippen LogP contribution is 1.87. The third kappa shape index (κ3) is 7.88. The van der Waals surface area contributed by atoms with Gasteiger partial charge in [0.05, 0.1) is 21.1 Å². The van der Waals surface area contributed by atoms with E-state index < -0.39 is 0 Å². The van der Waals surface area contributed by atoms with Crippen LogP contribution in [-0.2, 0) is 4.84 Å². The summed E-state index contributed by atoms with van der Waals surface area (Å²) in [5.74, 6) is 0. The molecule has 0 spiro atoms. The van der Waals surface area contributed by atoms with E-state index in [0.717, 1.165) is 17.6 Å². The zero-order valence-electron chi connectivity index (χ0n) is 6.77. The number of quaternary nitrogens is 1. The van der Waals surface area contributed by atoms with Crippen molar-refractivity contribution in [3.63, 3.8) is 0 Å². The van der Waals surface area contributed by atoms with Gasteiger partial charge in [0.15, 0.2) is 0 Å². The predicted molar refractivity (Wildman–Crippen MR) is 37.9 cm³/mol. The Labute approximate surface area is 57.2 Å². The Balaban J connectivity index is 3.07. The molecule has 3 heteroatoms. The smallest absolute Gasteiger partial charge is 0.117 e. The van der Waals surface area contributed by atoms with Gasteiger partial charge in [-0.15, -0.1) is 0 Å². The van der Waals surface area contributed by atoms with E-state index in [2.05, 4.69) is 26.6 Å². The van der Waals surface area contributed by atoms with Crippen molar-refractivity contribution in [2.24, 2.45) is 0 Å². The molecular formula is C6H17N2O+. The van der Waals surface area contributed by atoms with E-state index >= 15 is 0 Å². The Hall–Kier alpha value is -0.120. The molecule has 0 atom stereocenters. The van der Waals surface area contributed by atoms with Crippen LogP contribution in [0, 0.1) is 0 Å². The number of hydrogen-bond acceptors (Lipinski definition) is 2. The molecule has 0 bridgehead atoms. The summed E-state index contributed by atoms with van der Waals surface area (Å²) < 4.78 is 0.946. The molecule has 3 nitrogen and oxygen atoms in total. The largest absolute Gasteiger partial charge is 0.329 e. The number of likely N-dealkylation sites (N-methyl/N-ethyl adjacent to an activating group) is 1. The van der Waals surface area contributed by atoms with Crippen molar-refractivity contribution in [1.29, 1.82) is 0 Å². The van der Waals surface area contributed by atoms with Gasteiger partial charge in [-0.1, -0.05) is 0 Å². The highest BCUT2D eigenvalue weighted by Gasteiger charge is 2.04. The average molecular weight is 133 g/mol. The van der Waals surface area contributed by atoms with Crippen LogP contribution in [0.15, 0.2) is 0 Å². The van der Waals surface area contributed by atoms with Gasteiger partial charge in [0.25, 0.3) is 0 Å². The molecule has 0 aromatic rings. The molecule has 0 fully saturated rings. The summed E-state index contributed by atoms with van der Waals surface area (Å²) in [6.45, 7) is 1.79. The molecule has 9 heavy (non-hydrogen) atoms. The lowest BCUT2D eigenvalue weighted by atomic mass is 10.5. The molecule has 0 saturated heterocycles. The normalized spacial score (nSPS) is 12.0. The fourth-order valence-electron chi connectivity index (χ4n) is 0.422. The molecule has 1 N–H and O–H groups in total. The van der Waals surface area contributed by atoms with E-state index in [0.29, 0.717) is 0 Å². The molecule has 0 unspecified atom stereocenters. The zero-order valence-corrected chi connectivity index (χ0v) is 6.77. The SMILES string of the molecule is CNOCC[N+](C)(C)C. The predicted octanol–water partition coefficient (Wildman–Crippen LogP) is -0.156. The second-order valence-corrected chi connectivity index (χ2v) is 3.07. The maximum atomic E-state index is 4.94. The maximum absolute atomic E-state index is 4.94. The molecule has 0 aliphatic rings. The lowest BCUT2D eigenvalue weighted by Crippen LogP contribution is -2.38. The highest BCUT2D eigenvalue weighted by atomic mass is 16.6. The van der Waals surface area contributed by atoms with E-state index in [-0.39, 0.29) is 0 Å². The molecule has 56 valence electrons. The first-order valence-corrected chi connectivity index (χ1v) is 3.15. The summed E-state index contributed by atoms with van der Waals surface area (Å²) in [7, 11) is 8.19. The third-order valence-electron chi connectivity index (χ3n) is 1.01. The second kappa shape index (κ2) is 3.82. The molecule has 0 heterocycles. The minimum atomic E-state index is 0.764. The Kier molecular flexibility index (Phi) is 3.77. The van der Waals surface area contributed by atoms with Gasteiger partial charge in [-0.3, -0.25) is 4.84 Å². The first-order valence-electron chi connectivity index (χ1n) is 3.15. The molecule has 0 saturated carbocycles. The topological polar surface area (TPSA) is 21.3 Å². The summed E-state index contributed by atoms with van der Waals surface area (Å²) in [6.07, 6.45) is 0. The van der Waals surface area contributed by atoms with E-state index in [4.69, 9.17) is 4.84 Å². The molecule has 0 radical (unpaired) electrons. The second-order valence-electron chi connectivity index (χ2n) is 3.07. The van der Waals surface area contributed by atoms with Crippen molar-refractivity contribution in [1.82, 2.24) is 5.48 Å². The summed E-state index contributed by atoms with van der Waals surface area (Å²) in [5, 5.41) is 0. The van der Waals surface area contributed by atoms with E-state index in [1.165, 1.54) is 0 Å². The summed E-state index contributed by atoms with van der Waals surface area (Å²) in [6, 6.07) is 0. The van der Waals surface area contributed by atoms with Crippen molar-refractivity contribution in [2.45, 2.75) is 0 Å². The average Bonchev–Trinajstić information content (AvgIpc) is 1.63. The molecule has 0 aromatic carbocycles. The van der Waals surface area contributed by atoms with E-state index in [1.807, 2.05) is 0 Å². The molecule has 0 amide bonds. The minimum Gasteiger partial charge on any atom is -0.329 e. The van der Waals surface area contributed by atoms with Gasteiger partial charge in [0.2, 0.25) is 0 Å². The van der Waals surface area contributed by atoms with Crippen LogP contribution in [0.5, 0.6) is 0 Å². The summed E-state index contributed by atoms with van der Waals surface area (Å²) in [5.41, 5.74) is 2.63. The van der Waals surface area contributed by atoms with Gasteiger partial charge in [-0.05, 0) is 0 Å². The molecule has 0 aromatic heterocycles. The molecular weight excluding hydrogens is 116 g/mol. The standard InChI is InChI=1S/C6H17N2O/c1-7-9-6-5-8(2,3)4/h7H,5-6H2,1-4H3/q+1. The van der Waals surface area contributed by atoms with Gasteiger partial charge in [0, 0.05) is 7.05 Å². The number of rotatable bonds is 4. The number of nitrogens with one attached hydrogen (secondary N) is 1. The Morgan fingerprint density at radius 1 is 1.33 bits per heavy atom. The van der Waals surface area contributed by atoms with Gasteiger partial charge in [-0.25, -0.2) is 5.48 Å². The molecule has 0 aliphatic heterocycles. The first-order chi connectivity index (χ1) is 4.06. The number of hydroxylamine groups is 1. The van der Waals surface area contributed by atoms with Gasteiger partial charge >= 0.3 is 0 Å².